The van der Waals surface area contributed by atoms with Gasteiger partial charge < -0.3 is 14.8 Å². The minimum Gasteiger partial charge on any atom is -0.454 e. The van der Waals surface area contributed by atoms with Gasteiger partial charge in [-0.2, -0.15) is 0 Å². The van der Waals surface area contributed by atoms with E-state index in [4.69, 9.17) is 9.47 Å². The first kappa shape index (κ1) is 16.3. The molecule has 0 spiro atoms. The molecule has 4 rings (SSSR count). The molecular weight excluding hydrogens is 326 g/mol. The highest BCUT2D eigenvalue weighted by molar-refractivity contribution is 5.47. The van der Waals surface area contributed by atoms with Gasteiger partial charge in [0.25, 0.3) is 0 Å². The number of ether oxygens (including phenoxy) is 2. The predicted molar refractivity (Wildman–Crippen MR) is 89.8 cm³/mol. The summed E-state index contributed by atoms with van der Waals surface area (Å²) < 4.78 is 38.8. The highest BCUT2D eigenvalue weighted by Crippen LogP contribution is 2.38. The molecule has 1 N–H and O–H groups in total. The van der Waals surface area contributed by atoms with Crippen LogP contribution in [-0.4, -0.2) is 37.9 Å². The van der Waals surface area contributed by atoms with Crippen molar-refractivity contribution in [1.82, 2.24) is 10.2 Å². The van der Waals surface area contributed by atoms with Crippen LogP contribution in [0.4, 0.5) is 8.78 Å². The summed E-state index contributed by atoms with van der Waals surface area (Å²) in [6.45, 7) is 3.60. The van der Waals surface area contributed by atoms with Gasteiger partial charge in [0, 0.05) is 31.3 Å². The topological polar surface area (TPSA) is 33.7 Å². The number of hydrogen-bond acceptors (Lipinski definition) is 4. The Morgan fingerprint density at radius 2 is 1.84 bits per heavy atom. The number of halogens is 2. The van der Waals surface area contributed by atoms with Gasteiger partial charge >= 0.3 is 0 Å². The molecule has 2 heterocycles. The third-order valence-electron chi connectivity index (χ3n) is 4.71. The molecule has 1 unspecified atom stereocenters. The first-order valence-corrected chi connectivity index (χ1v) is 8.51. The van der Waals surface area contributed by atoms with E-state index >= 15 is 0 Å². The SMILES string of the molecule is Fc1ccc(C(c2ccc3c(c2)OCO3)N2CCCNCC2)c(F)c1. The third kappa shape index (κ3) is 3.32. The van der Waals surface area contributed by atoms with Crippen molar-refractivity contribution in [3.8, 4) is 11.5 Å². The maximum absolute atomic E-state index is 14.6. The minimum atomic E-state index is -0.566. The van der Waals surface area contributed by atoms with Crippen LogP contribution in [-0.2, 0) is 0 Å². The van der Waals surface area contributed by atoms with E-state index in [2.05, 4.69) is 10.2 Å². The zero-order chi connectivity index (χ0) is 17.2. The van der Waals surface area contributed by atoms with Gasteiger partial charge in [0.2, 0.25) is 6.79 Å². The number of rotatable bonds is 3. The highest BCUT2D eigenvalue weighted by atomic mass is 19.1. The van der Waals surface area contributed by atoms with Crippen molar-refractivity contribution in [1.29, 1.82) is 0 Å². The van der Waals surface area contributed by atoms with E-state index in [9.17, 15) is 8.78 Å². The van der Waals surface area contributed by atoms with E-state index in [1.54, 1.807) is 0 Å². The number of hydrogen-bond donors (Lipinski definition) is 1. The van der Waals surface area contributed by atoms with Crippen LogP contribution in [0.15, 0.2) is 36.4 Å². The first-order chi connectivity index (χ1) is 12.2. The van der Waals surface area contributed by atoms with Crippen molar-refractivity contribution < 1.29 is 18.3 Å². The van der Waals surface area contributed by atoms with Gasteiger partial charge in [0.15, 0.2) is 11.5 Å². The Balaban J connectivity index is 1.77. The molecule has 1 saturated heterocycles. The van der Waals surface area contributed by atoms with Crippen molar-refractivity contribution in [3.63, 3.8) is 0 Å². The molecule has 0 aromatic heterocycles. The Hall–Kier alpha value is -2.18. The minimum absolute atomic E-state index is 0.196. The van der Waals surface area contributed by atoms with E-state index in [1.165, 1.54) is 12.1 Å². The molecule has 132 valence electrons. The van der Waals surface area contributed by atoms with Crippen LogP contribution in [0.3, 0.4) is 0 Å². The highest BCUT2D eigenvalue weighted by Gasteiger charge is 2.27. The van der Waals surface area contributed by atoms with E-state index in [-0.39, 0.29) is 12.8 Å². The number of nitrogens with zero attached hydrogens (tertiary/aromatic N) is 1. The molecule has 25 heavy (non-hydrogen) atoms. The summed E-state index contributed by atoms with van der Waals surface area (Å²) in [6, 6.07) is 9.18. The number of benzene rings is 2. The van der Waals surface area contributed by atoms with Crippen LogP contribution in [0.5, 0.6) is 11.5 Å². The summed E-state index contributed by atoms with van der Waals surface area (Å²) >= 11 is 0. The van der Waals surface area contributed by atoms with Crippen LogP contribution in [0.1, 0.15) is 23.6 Å². The fourth-order valence-corrected chi connectivity index (χ4v) is 3.52. The van der Waals surface area contributed by atoms with Gasteiger partial charge in [-0.1, -0.05) is 12.1 Å². The maximum atomic E-state index is 14.6. The fraction of sp³-hybridized carbons (Fsp3) is 0.368. The molecule has 2 aromatic carbocycles. The summed E-state index contributed by atoms with van der Waals surface area (Å²) in [5.41, 5.74) is 1.39. The fourth-order valence-electron chi connectivity index (χ4n) is 3.52. The van der Waals surface area contributed by atoms with Gasteiger partial charge in [0.1, 0.15) is 11.6 Å². The molecule has 1 atom stereocenters. The Bertz CT molecular complexity index is 761. The van der Waals surface area contributed by atoms with E-state index in [0.717, 1.165) is 44.2 Å². The molecule has 0 saturated carbocycles. The number of nitrogens with one attached hydrogen (secondary N) is 1. The van der Waals surface area contributed by atoms with Gasteiger partial charge in [-0.25, -0.2) is 8.78 Å². The molecule has 0 amide bonds. The van der Waals surface area contributed by atoms with Crippen molar-refractivity contribution in [3.05, 3.63) is 59.2 Å². The average molecular weight is 346 g/mol. The van der Waals surface area contributed by atoms with Crippen molar-refractivity contribution in [2.45, 2.75) is 12.5 Å². The summed E-state index contributed by atoms with van der Waals surface area (Å²) in [6.07, 6.45) is 0.976. The standard InChI is InChI=1S/C19H20F2N2O2/c20-14-3-4-15(16(21)11-14)19(23-8-1-6-22-7-9-23)13-2-5-17-18(10-13)25-12-24-17/h2-5,10-11,19,22H,1,6-9,12H2. The van der Waals surface area contributed by atoms with E-state index in [1.807, 2.05) is 18.2 Å². The zero-order valence-corrected chi connectivity index (χ0v) is 13.8. The van der Waals surface area contributed by atoms with Crippen LogP contribution >= 0.6 is 0 Å². The molecule has 0 bridgehead atoms. The third-order valence-corrected chi connectivity index (χ3v) is 4.71. The Labute approximate surface area is 145 Å². The summed E-state index contributed by atoms with van der Waals surface area (Å²) in [4.78, 5) is 2.23. The Morgan fingerprint density at radius 1 is 0.960 bits per heavy atom. The maximum Gasteiger partial charge on any atom is 0.231 e. The lowest BCUT2D eigenvalue weighted by atomic mass is 9.95. The second-order valence-corrected chi connectivity index (χ2v) is 6.32. The van der Waals surface area contributed by atoms with E-state index in [0.29, 0.717) is 17.1 Å². The molecule has 0 aliphatic carbocycles. The molecule has 4 nitrogen and oxygen atoms in total. The molecule has 6 heteroatoms. The van der Waals surface area contributed by atoms with Gasteiger partial charge in [-0.05, 0) is 36.7 Å². The van der Waals surface area contributed by atoms with E-state index < -0.39 is 11.6 Å². The molecule has 0 radical (unpaired) electrons. The smallest absolute Gasteiger partial charge is 0.231 e. The monoisotopic (exact) mass is 346 g/mol. The lowest BCUT2D eigenvalue weighted by molar-refractivity contribution is 0.173. The first-order valence-electron chi connectivity index (χ1n) is 8.51. The quantitative estimate of drug-likeness (QED) is 0.926. The summed E-state index contributed by atoms with van der Waals surface area (Å²) in [5, 5.41) is 3.36. The molecule has 2 aliphatic heterocycles. The van der Waals surface area contributed by atoms with Crippen LogP contribution < -0.4 is 14.8 Å². The molecule has 2 aliphatic rings. The van der Waals surface area contributed by atoms with Gasteiger partial charge in [-0.3, -0.25) is 4.90 Å². The van der Waals surface area contributed by atoms with Crippen molar-refractivity contribution in [2.24, 2.45) is 0 Å². The second-order valence-electron chi connectivity index (χ2n) is 6.32. The van der Waals surface area contributed by atoms with Crippen molar-refractivity contribution >= 4 is 0 Å². The Morgan fingerprint density at radius 3 is 2.72 bits per heavy atom. The number of fused-ring (bicyclic) bond motifs is 1. The lowest BCUT2D eigenvalue weighted by Gasteiger charge is -2.31. The molecule has 2 aromatic rings. The van der Waals surface area contributed by atoms with Crippen LogP contribution in [0.25, 0.3) is 0 Å². The normalized spacial score (nSPS) is 18.8. The molecular formula is C19H20F2N2O2. The van der Waals surface area contributed by atoms with Crippen LogP contribution in [0, 0.1) is 11.6 Å². The summed E-state index contributed by atoms with van der Waals surface area (Å²) in [7, 11) is 0. The average Bonchev–Trinajstić information content (AvgIpc) is 2.91. The predicted octanol–water partition coefficient (Wildman–Crippen LogP) is 3.08. The zero-order valence-electron chi connectivity index (χ0n) is 13.8. The van der Waals surface area contributed by atoms with Crippen LogP contribution in [0.2, 0.25) is 0 Å². The summed E-state index contributed by atoms with van der Waals surface area (Å²) in [5.74, 6) is 0.265. The van der Waals surface area contributed by atoms with Crippen molar-refractivity contribution in [2.75, 3.05) is 33.0 Å². The van der Waals surface area contributed by atoms with Gasteiger partial charge in [0.05, 0.1) is 6.04 Å². The second kappa shape index (κ2) is 6.98. The Kier molecular flexibility index (Phi) is 4.55. The molecule has 1 fully saturated rings. The van der Waals surface area contributed by atoms with Gasteiger partial charge in [-0.15, -0.1) is 0 Å². The largest absolute Gasteiger partial charge is 0.454 e. The lowest BCUT2D eigenvalue weighted by Crippen LogP contribution is -2.33.